The number of hydrogen-bond acceptors (Lipinski definition) is 3. The lowest BCUT2D eigenvalue weighted by atomic mass is 10.3. The third-order valence-electron chi connectivity index (χ3n) is 2.53. The Labute approximate surface area is 116 Å². The Hall–Kier alpha value is -2.31. The average molecular weight is 283 g/mol. The van der Waals surface area contributed by atoms with Gasteiger partial charge in [0.1, 0.15) is 0 Å². The number of nitrogens with zero attached hydrogens (tertiary/aromatic N) is 1. The van der Waals surface area contributed by atoms with Crippen LogP contribution in [0.25, 0.3) is 0 Å². The minimum absolute atomic E-state index is 0.0826. The number of rotatable bonds is 5. The third kappa shape index (κ3) is 4.75. The number of nitrogens with one attached hydrogen (secondary N) is 2. The number of methoxy groups -OCH3 is 1. The molecule has 2 N–H and O–H groups in total. The molecule has 1 aromatic carbocycles. The summed E-state index contributed by atoms with van der Waals surface area (Å²) in [6.45, 7) is 0.210. The van der Waals surface area contributed by atoms with Crippen LogP contribution < -0.4 is 15.4 Å². The summed E-state index contributed by atoms with van der Waals surface area (Å²) < 4.78 is 18.2. The Kier molecular flexibility index (Phi) is 5.76. The summed E-state index contributed by atoms with van der Waals surface area (Å²) in [5.41, 5.74) is 0.305. The van der Waals surface area contributed by atoms with Crippen LogP contribution in [-0.2, 0) is 4.79 Å². The van der Waals surface area contributed by atoms with Gasteiger partial charge in [-0.2, -0.15) is 0 Å². The molecule has 1 rings (SSSR count). The fraction of sp³-hybridized carbons (Fsp3) is 0.385. The second-order valence-corrected chi connectivity index (χ2v) is 4.27. The number of halogens is 1. The van der Waals surface area contributed by atoms with E-state index in [-0.39, 0.29) is 24.6 Å². The van der Waals surface area contributed by atoms with Crippen LogP contribution in [0.5, 0.6) is 5.75 Å². The monoisotopic (exact) mass is 283 g/mol. The number of hydrogen-bond donors (Lipinski definition) is 2. The first-order valence-electron chi connectivity index (χ1n) is 6.02. The number of carbonyl (C=O) groups is 2. The zero-order valence-electron chi connectivity index (χ0n) is 11.7. The van der Waals surface area contributed by atoms with Crippen molar-refractivity contribution in [3.63, 3.8) is 0 Å². The standard InChI is InChI=1S/C13H18FN3O3/c1-17(2)12(18)6-7-15-13(19)16-9-4-5-11(20-3)10(14)8-9/h4-5,8H,6-7H2,1-3H3,(H2,15,16,19). The maximum atomic E-state index is 13.4. The van der Waals surface area contributed by atoms with E-state index in [1.165, 1.54) is 24.1 Å². The maximum absolute atomic E-state index is 13.4. The van der Waals surface area contributed by atoms with E-state index in [0.717, 1.165) is 6.07 Å². The van der Waals surface area contributed by atoms with Gasteiger partial charge in [0.25, 0.3) is 0 Å². The lowest BCUT2D eigenvalue weighted by Gasteiger charge is -2.11. The molecule has 0 bridgehead atoms. The van der Waals surface area contributed by atoms with Crippen molar-refractivity contribution in [2.75, 3.05) is 33.1 Å². The lowest BCUT2D eigenvalue weighted by molar-refractivity contribution is -0.128. The van der Waals surface area contributed by atoms with Gasteiger partial charge in [0.15, 0.2) is 11.6 Å². The Bertz CT molecular complexity index is 492. The van der Waals surface area contributed by atoms with Crippen LogP contribution in [0, 0.1) is 5.82 Å². The van der Waals surface area contributed by atoms with E-state index in [4.69, 9.17) is 4.74 Å². The summed E-state index contributed by atoms with van der Waals surface area (Å²) in [5, 5.41) is 4.98. The molecule has 20 heavy (non-hydrogen) atoms. The number of carbonyl (C=O) groups excluding carboxylic acids is 2. The molecule has 0 aliphatic heterocycles. The molecule has 0 saturated carbocycles. The van der Waals surface area contributed by atoms with Crippen LogP contribution in [0.2, 0.25) is 0 Å². The topological polar surface area (TPSA) is 70.7 Å². The summed E-state index contributed by atoms with van der Waals surface area (Å²) >= 11 is 0. The first-order valence-corrected chi connectivity index (χ1v) is 6.02. The van der Waals surface area contributed by atoms with Crippen molar-refractivity contribution < 1.29 is 18.7 Å². The van der Waals surface area contributed by atoms with E-state index in [2.05, 4.69) is 10.6 Å². The van der Waals surface area contributed by atoms with Crippen LogP contribution in [-0.4, -0.2) is 44.6 Å². The highest BCUT2D eigenvalue weighted by Crippen LogP contribution is 2.20. The number of urea groups is 1. The molecule has 0 spiro atoms. The van der Waals surface area contributed by atoms with Gasteiger partial charge in [-0.05, 0) is 12.1 Å². The van der Waals surface area contributed by atoms with Gasteiger partial charge >= 0.3 is 6.03 Å². The van der Waals surface area contributed by atoms with Crippen LogP contribution in [0.1, 0.15) is 6.42 Å². The summed E-state index contributed by atoms with van der Waals surface area (Å²) in [6, 6.07) is 3.59. The molecule has 0 atom stereocenters. The molecule has 0 aliphatic rings. The van der Waals surface area contributed by atoms with Gasteiger partial charge < -0.3 is 20.3 Å². The summed E-state index contributed by atoms with van der Waals surface area (Å²) in [7, 11) is 4.64. The first-order chi connectivity index (χ1) is 9.43. The normalized spacial score (nSPS) is 9.80. The molecule has 0 unspecified atom stereocenters. The van der Waals surface area contributed by atoms with Crippen molar-refractivity contribution >= 4 is 17.6 Å². The van der Waals surface area contributed by atoms with E-state index in [0.29, 0.717) is 5.69 Å². The lowest BCUT2D eigenvalue weighted by Crippen LogP contribution is -2.33. The molecule has 110 valence electrons. The van der Waals surface area contributed by atoms with Crippen molar-refractivity contribution in [3.8, 4) is 5.75 Å². The van der Waals surface area contributed by atoms with Crippen LogP contribution in [0.3, 0.4) is 0 Å². The second-order valence-electron chi connectivity index (χ2n) is 4.27. The summed E-state index contributed by atoms with van der Waals surface area (Å²) in [5.74, 6) is -0.540. The number of ether oxygens (including phenoxy) is 1. The highest BCUT2D eigenvalue weighted by atomic mass is 19.1. The van der Waals surface area contributed by atoms with Crippen LogP contribution in [0.15, 0.2) is 18.2 Å². The zero-order chi connectivity index (χ0) is 15.1. The number of benzene rings is 1. The Morgan fingerprint density at radius 2 is 2.05 bits per heavy atom. The SMILES string of the molecule is COc1ccc(NC(=O)NCCC(=O)N(C)C)cc1F. The molecule has 0 aromatic heterocycles. The van der Waals surface area contributed by atoms with Crippen molar-refractivity contribution in [2.24, 2.45) is 0 Å². The van der Waals surface area contributed by atoms with E-state index < -0.39 is 11.8 Å². The zero-order valence-corrected chi connectivity index (χ0v) is 11.7. The number of amides is 3. The van der Waals surface area contributed by atoms with Gasteiger partial charge in [-0.3, -0.25) is 4.79 Å². The van der Waals surface area contributed by atoms with Gasteiger partial charge in [0.2, 0.25) is 5.91 Å². The molecule has 0 fully saturated rings. The molecule has 0 heterocycles. The highest BCUT2D eigenvalue weighted by molar-refractivity contribution is 5.89. The molecular formula is C13H18FN3O3. The quantitative estimate of drug-likeness (QED) is 0.859. The first kappa shape index (κ1) is 15.7. The highest BCUT2D eigenvalue weighted by Gasteiger charge is 2.08. The average Bonchev–Trinajstić information content (AvgIpc) is 2.38. The Balaban J connectivity index is 2.43. The third-order valence-corrected chi connectivity index (χ3v) is 2.53. The molecular weight excluding hydrogens is 265 g/mol. The molecule has 7 heteroatoms. The van der Waals surface area contributed by atoms with Gasteiger partial charge in [-0.1, -0.05) is 0 Å². The van der Waals surface area contributed by atoms with Crippen molar-refractivity contribution in [2.45, 2.75) is 6.42 Å². The van der Waals surface area contributed by atoms with E-state index in [9.17, 15) is 14.0 Å². The Morgan fingerprint density at radius 1 is 1.35 bits per heavy atom. The summed E-state index contributed by atoms with van der Waals surface area (Å²) in [4.78, 5) is 24.3. The molecule has 6 nitrogen and oxygen atoms in total. The largest absolute Gasteiger partial charge is 0.494 e. The van der Waals surface area contributed by atoms with Crippen LogP contribution >= 0.6 is 0 Å². The minimum atomic E-state index is -0.562. The molecule has 0 radical (unpaired) electrons. The fourth-order valence-electron chi connectivity index (χ4n) is 1.43. The molecule has 3 amide bonds. The Morgan fingerprint density at radius 3 is 2.60 bits per heavy atom. The molecule has 0 aliphatic carbocycles. The number of anilines is 1. The van der Waals surface area contributed by atoms with Gasteiger partial charge in [-0.15, -0.1) is 0 Å². The smallest absolute Gasteiger partial charge is 0.319 e. The second kappa shape index (κ2) is 7.32. The van der Waals surface area contributed by atoms with Crippen molar-refractivity contribution in [1.29, 1.82) is 0 Å². The van der Waals surface area contributed by atoms with Gasteiger partial charge in [-0.25, -0.2) is 9.18 Å². The minimum Gasteiger partial charge on any atom is -0.494 e. The predicted octanol–water partition coefficient (Wildman–Crippen LogP) is 1.43. The van der Waals surface area contributed by atoms with Gasteiger partial charge in [0, 0.05) is 38.8 Å². The molecule has 1 aromatic rings. The van der Waals surface area contributed by atoms with Crippen molar-refractivity contribution in [1.82, 2.24) is 10.2 Å². The maximum Gasteiger partial charge on any atom is 0.319 e. The fourth-order valence-corrected chi connectivity index (χ4v) is 1.43. The summed E-state index contributed by atoms with van der Waals surface area (Å²) in [6.07, 6.45) is 0.206. The van der Waals surface area contributed by atoms with E-state index in [1.807, 2.05) is 0 Å². The predicted molar refractivity (Wildman–Crippen MR) is 73.3 cm³/mol. The van der Waals surface area contributed by atoms with Crippen LogP contribution in [0.4, 0.5) is 14.9 Å². The van der Waals surface area contributed by atoms with Crippen molar-refractivity contribution in [3.05, 3.63) is 24.0 Å². The molecule has 0 saturated heterocycles. The van der Waals surface area contributed by atoms with Gasteiger partial charge in [0.05, 0.1) is 7.11 Å². The van der Waals surface area contributed by atoms with E-state index >= 15 is 0 Å². The van der Waals surface area contributed by atoms with E-state index in [1.54, 1.807) is 14.1 Å².